The van der Waals surface area contributed by atoms with Crippen molar-refractivity contribution in [3.8, 4) is 0 Å². The summed E-state index contributed by atoms with van der Waals surface area (Å²) in [4.78, 5) is 26.1. The minimum absolute atomic E-state index is 0.0830. The Bertz CT molecular complexity index is 500. The van der Waals surface area contributed by atoms with E-state index in [9.17, 15) is 9.59 Å². The third kappa shape index (κ3) is 2.80. The molecule has 1 N–H and O–H groups in total. The minimum Gasteiger partial charge on any atom is -0.354 e. The summed E-state index contributed by atoms with van der Waals surface area (Å²) in [7, 11) is 1.76. The van der Waals surface area contributed by atoms with Gasteiger partial charge in [0.05, 0.1) is 4.47 Å². The standard InChI is InChI=1S/C12H17BrN4O2/c1-3-9-11(18)14-5-4-6-17(9)12(19)10-8(13)7-16(2)15-10/h7,9H,3-6H2,1-2H3,(H,14,18)/t9-/m0/s1. The first-order chi connectivity index (χ1) is 9.04. The van der Waals surface area contributed by atoms with E-state index in [4.69, 9.17) is 0 Å². The van der Waals surface area contributed by atoms with Crippen LogP contribution in [0, 0.1) is 0 Å². The van der Waals surface area contributed by atoms with Gasteiger partial charge in [-0.15, -0.1) is 0 Å². The molecular weight excluding hydrogens is 312 g/mol. The van der Waals surface area contributed by atoms with Crippen LogP contribution in [0.3, 0.4) is 0 Å². The zero-order chi connectivity index (χ0) is 14.0. The Balaban J connectivity index is 2.29. The van der Waals surface area contributed by atoms with Gasteiger partial charge in [0.2, 0.25) is 5.91 Å². The molecule has 2 heterocycles. The monoisotopic (exact) mass is 328 g/mol. The topological polar surface area (TPSA) is 67.2 Å². The Hall–Kier alpha value is -1.37. The van der Waals surface area contributed by atoms with Crippen LogP contribution in [-0.4, -0.2) is 45.6 Å². The molecule has 2 amide bonds. The van der Waals surface area contributed by atoms with Crippen molar-refractivity contribution in [1.82, 2.24) is 20.0 Å². The number of nitrogens with one attached hydrogen (secondary N) is 1. The van der Waals surface area contributed by atoms with Gasteiger partial charge in [-0.2, -0.15) is 5.10 Å². The highest BCUT2D eigenvalue weighted by Gasteiger charge is 2.32. The molecule has 0 spiro atoms. The number of halogens is 1. The highest BCUT2D eigenvalue weighted by molar-refractivity contribution is 9.10. The molecule has 1 atom stereocenters. The van der Waals surface area contributed by atoms with Crippen molar-refractivity contribution in [2.45, 2.75) is 25.8 Å². The highest BCUT2D eigenvalue weighted by atomic mass is 79.9. The van der Waals surface area contributed by atoms with Gasteiger partial charge >= 0.3 is 0 Å². The Morgan fingerprint density at radius 1 is 1.63 bits per heavy atom. The van der Waals surface area contributed by atoms with Crippen molar-refractivity contribution >= 4 is 27.7 Å². The maximum Gasteiger partial charge on any atom is 0.276 e. The van der Waals surface area contributed by atoms with Crippen molar-refractivity contribution in [3.05, 3.63) is 16.4 Å². The third-order valence-electron chi connectivity index (χ3n) is 3.19. The van der Waals surface area contributed by atoms with Gasteiger partial charge in [-0.1, -0.05) is 6.92 Å². The summed E-state index contributed by atoms with van der Waals surface area (Å²) >= 11 is 3.33. The number of aromatic nitrogens is 2. The third-order valence-corrected chi connectivity index (χ3v) is 3.77. The van der Waals surface area contributed by atoms with Crippen molar-refractivity contribution in [3.63, 3.8) is 0 Å². The number of hydrogen-bond donors (Lipinski definition) is 1. The molecule has 0 bridgehead atoms. The molecule has 1 aliphatic heterocycles. The quantitative estimate of drug-likeness (QED) is 0.877. The van der Waals surface area contributed by atoms with Crippen molar-refractivity contribution in [2.24, 2.45) is 7.05 Å². The van der Waals surface area contributed by atoms with E-state index in [0.717, 1.165) is 6.42 Å². The minimum atomic E-state index is -0.413. The lowest BCUT2D eigenvalue weighted by Gasteiger charge is -2.26. The lowest BCUT2D eigenvalue weighted by Crippen LogP contribution is -2.47. The molecule has 1 fully saturated rings. The summed E-state index contributed by atoms with van der Waals surface area (Å²) in [5, 5.41) is 6.99. The number of aryl methyl sites for hydroxylation is 1. The van der Waals surface area contributed by atoms with Crippen LogP contribution in [0.15, 0.2) is 10.7 Å². The molecule has 1 saturated heterocycles. The van der Waals surface area contributed by atoms with Crippen molar-refractivity contribution in [1.29, 1.82) is 0 Å². The van der Waals surface area contributed by atoms with Gasteiger partial charge in [-0.25, -0.2) is 0 Å². The van der Waals surface area contributed by atoms with E-state index in [0.29, 0.717) is 29.7 Å². The normalized spacial score (nSPS) is 20.1. The molecule has 104 valence electrons. The number of carbonyl (C=O) groups excluding carboxylic acids is 2. The van der Waals surface area contributed by atoms with Crippen LogP contribution in [0.2, 0.25) is 0 Å². The second-order valence-electron chi connectivity index (χ2n) is 4.57. The van der Waals surface area contributed by atoms with Crippen LogP contribution in [-0.2, 0) is 11.8 Å². The summed E-state index contributed by atoms with van der Waals surface area (Å²) in [6, 6.07) is -0.413. The number of rotatable bonds is 2. The molecule has 0 saturated carbocycles. The van der Waals surface area contributed by atoms with Gasteiger partial charge in [0, 0.05) is 26.3 Å². The first-order valence-electron chi connectivity index (χ1n) is 6.32. The maximum atomic E-state index is 12.5. The fourth-order valence-corrected chi connectivity index (χ4v) is 2.81. The molecule has 6 nitrogen and oxygen atoms in total. The highest BCUT2D eigenvalue weighted by Crippen LogP contribution is 2.19. The predicted octanol–water partition coefficient (Wildman–Crippen LogP) is 0.923. The summed E-state index contributed by atoms with van der Waals surface area (Å²) in [5.74, 6) is -0.281. The van der Waals surface area contributed by atoms with E-state index in [1.807, 2.05) is 6.92 Å². The Morgan fingerprint density at radius 3 is 2.95 bits per heavy atom. The van der Waals surface area contributed by atoms with Crippen LogP contribution >= 0.6 is 15.9 Å². The fourth-order valence-electron chi connectivity index (χ4n) is 2.27. The maximum absolute atomic E-state index is 12.5. The van der Waals surface area contributed by atoms with Crippen LogP contribution in [0.5, 0.6) is 0 Å². The van der Waals surface area contributed by atoms with E-state index in [1.54, 1.807) is 22.8 Å². The molecule has 0 aliphatic carbocycles. The fraction of sp³-hybridized carbons (Fsp3) is 0.583. The first-order valence-corrected chi connectivity index (χ1v) is 7.11. The molecular formula is C12H17BrN4O2. The van der Waals surface area contributed by atoms with E-state index >= 15 is 0 Å². The van der Waals surface area contributed by atoms with Crippen LogP contribution in [0.25, 0.3) is 0 Å². The molecule has 1 aromatic rings. The van der Waals surface area contributed by atoms with Crippen LogP contribution < -0.4 is 5.32 Å². The van der Waals surface area contributed by atoms with Gasteiger partial charge in [-0.3, -0.25) is 14.3 Å². The molecule has 7 heteroatoms. The Morgan fingerprint density at radius 2 is 2.37 bits per heavy atom. The largest absolute Gasteiger partial charge is 0.354 e. The summed E-state index contributed by atoms with van der Waals surface area (Å²) in [6.45, 7) is 3.09. The van der Waals surface area contributed by atoms with Crippen molar-refractivity contribution < 1.29 is 9.59 Å². The summed E-state index contributed by atoms with van der Waals surface area (Å²) in [5.41, 5.74) is 0.357. The molecule has 0 aromatic carbocycles. The second kappa shape index (κ2) is 5.73. The number of nitrogens with zero attached hydrogens (tertiary/aromatic N) is 3. The van der Waals surface area contributed by atoms with E-state index in [2.05, 4.69) is 26.3 Å². The summed E-state index contributed by atoms with van der Waals surface area (Å²) in [6.07, 6.45) is 3.09. The average Bonchev–Trinajstić information content (AvgIpc) is 2.59. The summed E-state index contributed by atoms with van der Waals surface area (Å²) < 4.78 is 2.23. The first kappa shape index (κ1) is 14.0. The van der Waals surface area contributed by atoms with E-state index in [-0.39, 0.29) is 11.8 Å². The molecule has 0 radical (unpaired) electrons. The molecule has 1 aromatic heterocycles. The second-order valence-corrected chi connectivity index (χ2v) is 5.42. The zero-order valence-electron chi connectivity index (χ0n) is 11.0. The smallest absolute Gasteiger partial charge is 0.276 e. The lowest BCUT2D eigenvalue weighted by molar-refractivity contribution is -0.124. The Labute approximate surface area is 120 Å². The van der Waals surface area contributed by atoms with Crippen molar-refractivity contribution in [2.75, 3.05) is 13.1 Å². The molecule has 0 unspecified atom stereocenters. The van der Waals surface area contributed by atoms with E-state index in [1.165, 1.54) is 0 Å². The number of carbonyl (C=O) groups is 2. The predicted molar refractivity (Wildman–Crippen MR) is 73.7 cm³/mol. The molecule has 2 rings (SSSR count). The zero-order valence-corrected chi connectivity index (χ0v) is 12.6. The van der Waals surface area contributed by atoms with Gasteiger partial charge in [0.1, 0.15) is 6.04 Å². The average molecular weight is 329 g/mol. The van der Waals surface area contributed by atoms with Crippen LogP contribution in [0.4, 0.5) is 0 Å². The number of amides is 2. The van der Waals surface area contributed by atoms with Gasteiger partial charge in [0.25, 0.3) is 5.91 Å². The van der Waals surface area contributed by atoms with E-state index < -0.39 is 6.04 Å². The van der Waals surface area contributed by atoms with Gasteiger partial charge < -0.3 is 10.2 Å². The lowest BCUT2D eigenvalue weighted by atomic mass is 10.1. The Kier molecular flexibility index (Phi) is 4.24. The van der Waals surface area contributed by atoms with Gasteiger partial charge in [-0.05, 0) is 28.8 Å². The molecule has 1 aliphatic rings. The van der Waals surface area contributed by atoms with Crippen LogP contribution in [0.1, 0.15) is 30.3 Å². The number of hydrogen-bond acceptors (Lipinski definition) is 3. The SMILES string of the molecule is CC[C@H]1C(=O)NCCCN1C(=O)c1nn(C)cc1Br. The van der Waals surface area contributed by atoms with Gasteiger partial charge in [0.15, 0.2) is 5.69 Å². The molecule has 19 heavy (non-hydrogen) atoms.